The van der Waals surface area contributed by atoms with Gasteiger partial charge in [-0.2, -0.15) is 0 Å². The standard InChI is InChI=1S/C20H18IN3O/c1-12-8-13(2)22-15(12)10-17-20(25-3)11-16(23-17)19-9-14-6-4-5-7-18(14)24(19)21/h4-11,22H,1-3H3/b17-10-. The lowest BCUT2D eigenvalue weighted by Gasteiger charge is -2.01. The molecule has 4 nitrogen and oxygen atoms in total. The summed E-state index contributed by atoms with van der Waals surface area (Å²) >= 11 is 2.32. The van der Waals surface area contributed by atoms with Gasteiger partial charge in [0, 0.05) is 22.9 Å². The highest BCUT2D eigenvalue weighted by Gasteiger charge is 2.20. The zero-order valence-corrected chi connectivity index (χ0v) is 16.5. The Morgan fingerprint density at radius 3 is 2.68 bits per heavy atom. The van der Waals surface area contributed by atoms with E-state index in [2.05, 4.69) is 80.9 Å². The van der Waals surface area contributed by atoms with Gasteiger partial charge in [-0.05, 0) is 43.7 Å². The van der Waals surface area contributed by atoms with Crippen LogP contribution in [0.5, 0.6) is 0 Å². The van der Waals surface area contributed by atoms with Gasteiger partial charge in [-0.3, -0.25) is 2.78 Å². The summed E-state index contributed by atoms with van der Waals surface area (Å²) in [6.07, 6.45) is 4.05. The minimum absolute atomic E-state index is 0.781. The zero-order valence-electron chi connectivity index (χ0n) is 14.3. The number of aromatic nitrogens is 2. The Bertz CT molecular complexity index is 1070. The summed E-state index contributed by atoms with van der Waals surface area (Å²) in [6.45, 7) is 4.15. The highest BCUT2D eigenvalue weighted by molar-refractivity contribution is 14.1. The molecule has 1 aliphatic heterocycles. The third kappa shape index (κ3) is 2.82. The Morgan fingerprint density at radius 2 is 2.00 bits per heavy atom. The van der Waals surface area contributed by atoms with Crippen LogP contribution in [0.25, 0.3) is 17.0 Å². The van der Waals surface area contributed by atoms with Gasteiger partial charge in [-0.15, -0.1) is 0 Å². The molecule has 3 aromatic rings. The fraction of sp³-hybridized carbons (Fsp3) is 0.150. The van der Waals surface area contributed by atoms with Crippen LogP contribution in [0.15, 0.2) is 58.9 Å². The fourth-order valence-electron chi connectivity index (χ4n) is 3.15. The molecule has 1 aromatic carbocycles. The molecule has 0 fully saturated rings. The smallest absolute Gasteiger partial charge is 0.146 e. The van der Waals surface area contributed by atoms with Gasteiger partial charge < -0.3 is 9.72 Å². The average molecular weight is 443 g/mol. The number of benzene rings is 1. The van der Waals surface area contributed by atoms with E-state index < -0.39 is 0 Å². The molecule has 3 heterocycles. The third-order valence-electron chi connectivity index (χ3n) is 4.37. The van der Waals surface area contributed by atoms with Crippen molar-refractivity contribution in [3.8, 4) is 0 Å². The van der Waals surface area contributed by atoms with E-state index in [0.29, 0.717) is 0 Å². The Balaban J connectivity index is 1.81. The molecule has 25 heavy (non-hydrogen) atoms. The molecule has 0 unspecified atom stereocenters. The van der Waals surface area contributed by atoms with Crippen LogP contribution < -0.4 is 0 Å². The van der Waals surface area contributed by atoms with Crippen LogP contribution in [-0.2, 0) is 4.74 Å². The molecule has 4 rings (SSSR count). The molecule has 2 aromatic heterocycles. The lowest BCUT2D eigenvalue weighted by atomic mass is 10.2. The number of ether oxygens (including phenoxy) is 1. The lowest BCUT2D eigenvalue weighted by Crippen LogP contribution is -1.98. The van der Waals surface area contributed by atoms with Crippen LogP contribution in [0, 0.1) is 13.8 Å². The highest BCUT2D eigenvalue weighted by Crippen LogP contribution is 2.29. The molecule has 0 radical (unpaired) electrons. The molecule has 0 atom stereocenters. The van der Waals surface area contributed by atoms with Crippen LogP contribution in [0.1, 0.15) is 22.6 Å². The highest BCUT2D eigenvalue weighted by atomic mass is 127. The van der Waals surface area contributed by atoms with Crippen molar-refractivity contribution in [2.24, 2.45) is 4.99 Å². The van der Waals surface area contributed by atoms with Gasteiger partial charge in [0.15, 0.2) is 0 Å². The van der Waals surface area contributed by atoms with Crippen LogP contribution >= 0.6 is 22.9 Å². The topological polar surface area (TPSA) is 42.3 Å². The number of nitrogens with zero attached hydrogens (tertiary/aromatic N) is 2. The molecule has 0 amide bonds. The largest absolute Gasteiger partial charge is 0.494 e. The van der Waals surface area contributed by atoms with Gasteiger partial charge in [0.05, 0.1) is 46.9 Å². The number of fused-ring (bicyclic) bond motifs is 1. The molecular weight excluding hydrogens is 425 g/mol. The Labute approximate surface area is 160 Å². The molecule has 126 valence electrons. The Morgan fingerprint density at radius 1 is 1.20 bits per heavy atom. The quantitative estimate of drug-likeness (QED) is 0.559. The summed E-state index contributed by atoms with van der Waals surface area (Å²) in [7, 11) is 1.69. The van der Waals surface area contributed by atoms with Gasteiger partial charge in [-0.1, -0.05) is 18.2 Å². The first-order valence-corrected chi connectivity index (χ1v) is 9.03. The van der Waals surface area contributed by atoms with Gasteiger partial charge in [0.2, 0.25) is 0 Å². The van der Waals surface area contributed by atoms with Crippen molar-refractivity contribution in [2.75, 3.05) is 7.11 Å². The van der Waals surface area contributed by atoms with Crippen molar-refractivity contribution in [3.63, 3.8) is 0 Å². The first-order valence-electron chi connectivity index (χ1n) is 8.06. The summed E-state index contributed by atoms with van der Waals surface area (Å²) in [5.41, 5.74) is 7.41. The Hall–Kier alpha value is -2.28. The van der Waals surface area contributed by atoms with Gasteiger partial charge >= 0.3 is 0 Å². The van der Waals surface area contributed by atoms with Crippen LogP contribution in [0.2, 0.25) is 0 Å². The molecule has 5 heteroatoms. The van der Waals surface area contributed by atoms with E-state index in [-0.39, 0.29) is 0 Å². The summed E-state index contributed by atoms with van der Waals surface area (Å²) < 4.78 is 7.70. The maximum Gasteiger partial charge on any atom is 0.146 e. The van der Waals surface area contributed by atoms with Gasteiger partial charge in [0.1, 0.15) is 11.5 Å². The maximum absolute atomic E-state index is 5.56. The number of para-hydroxylation sites is 1. The zero-order chi connectivity index (χ0) is 17.6. The SMILES string of the molecule is COC1=CC(c2cc3ccccc3n2I)=N/C1=C\c1[nH]c(C)cc1C. The molecule has 1 aliphatic rings. The predicted molar refractivity (Wildman–Crippen MR) is 111 cm³/mol. The number of methoxy groups -OCH3 is 1. The van der Waals surface area contributed by atoms with E-state index in [4.69, 9.17) is 9.73 Å². The van der Waals surface area contributed by atoms with Crippen molar-refractivity contribution >= 4 is 45.6 Å². The number of hydrogen-bond acceptors (Lipinski definition) is 2. The lowest BCUT2D eigenvalue weighted by molar-refractivity contribution is 0.303. The normalized spacial score (nSPS) is 15.8. The molecule has 0 aliphatic carbocycles. The van der Waals surface area contributed by atoms with Crippen molar-refractivity contribution in [1.29, 1.82) is 0 Å². The molecule has 0 spiro atoms. The van der Waals surface area contributed by atoms with Crippen LogP contribution in [0.4, 0.5) is 0 Å². The Kier molecular flexibility index (Phi) is 4.03. The van der Waals surface area contributed by atoms with Crippen molar-refractivity contribution in [3.05, 3.63) is 76.6 Å². The number of nitrogens with one attached hydrogen (secondary N) is 1. The van der Waals surface area contributed by atoms with Crippen molar-refractivity contribution in [2.45, 2.75) is 13.8 Å². The third-order valence-corrected chi connectivity index (χ3v) is 5.41. The molecule has 0 bridgehead atoms. The number of aromatic amines is 1. The van der Waals surface area contributed by atoms with Crippen molar-refractivity contribution in [1.82, 2.24) is 7.76 Å². The fourth-order valence-corrected chi connectivity index (χ4v) is 3.97. The van der Waals surface area contributed by atoms with E-state index in [1.54, 1.807) is 7.11 Å². The van der Waals surface area contributed by atoms with E-state index in [1.165, 1.54) is 16.5 Å². The summed E-state index contributed by atoms with van der Waals surface area (Å²) in [5, 5.41) is 1.20. The number of aryl methyl sites for hydroxylation is 2. The number of rotatable bonds is 3. The monoisotopic (exact) mass is 443 g/mol. The number of allylic oxidation sites excluding steroid dienone is 1. The molecular formula is C20H18IN3O. The summed E-state index contributed by atoms with van der Waals surface area (Å²) in [4.78, 5) is 8.20. The van der Waals surface area contributed by atoms with Crippen molar-refractivity contribution < 1.29 is 4.74 Å². The van der Waals surface area contributed by atoms with E-state index in [1.807, 2.05) is 12.2 Å². The second-order valence-electron chi connectivity index (χ2n) is 6.16. The number of halogens is 1. The van der Waals surface area contributed by atoms with Gasteiger partial charge in [-0.25, -0.2) is 4.99 Å². The predicted octanol–water partition coefficient (Wildman–Crippen LogP) is 5.16. The van der Waals surface area contributed by atoms with Gasteiger partial charge in [0.25, 0.3) is 0 Å². The van der Waals surface area contributed by atoms with E-state index in [9.17, 15) is 0 Å². The maximum atomic E-state index is 5.56. The minimum atomic E-state index is 0.781. The summed E-state index contributed by atoms with van der Waals surface area (Å²) in [6, 6.07) is 12.6. The second kappa shape index (κ2) is 6.22. The second-order valence-corrected chi connectivity index (χ2v) is 7.12. The molecule has 0 saturated carbocycles. The minimum Gasteiger partial charge on any atom is -0.494 e. The van der Waals surface area contributed by atoms with E-state index >= 15 is 0 Å². The molecule has 0 saturated heterocycles. The van der Waals surface area contributed by atoms with Crippen LogP contribution in [-0.4, -0.2) is 20.6 Å². The molecule has 1 N–H and O–H groups in total. The number of aliphatic imine (C=N–C) groups is 1. The summed E-state index contributed by atoms with van der Waals surface area (Å²) in [5.74, 6) is 0.781. The first-order chi connectivity index (χ1) is 12.1. The van der Waals surface area contributed by atoms with E-state index in [0.717, 1.165) is 34.2 Å². The number of H-pyrrole nitrogens is 1. The first kappa shape index (κ1) is 16.2. The average Bonchev–Trinajstić information content (AvgIpc) is 3.24. The van der Waals surface area contributed by atoms with Crippen LogP contribution in [0.3, 0.4) is 0 Å². The number of hydrogen-bond donors (Lipinski definition) is 1.